The molecule has 0 bridgehead atoms. The molecule has 0 aliphatic carbocycles. The molecule has 0 spiro atoms. The molecule has 1 N–H and O–H groups in total. The summed E-state index contributed by atoms with van der Waals surface area (Å²) in [4.78, 5) is 11.8. The van der Waals surface area contributed by atoms with Crippen LogP contribution in [0.25, 0.3) is 0 Å². The first kappa shape index (κ1) is 19.6. The fourth-order valence-corrected chi connectivity index (χ4v) is 2.91. The van der Waals surface area contributed by atoms with E-state index in [2.05, 4.69) is 37.1 Å². The number of rotatable bonds is 6. The maximum atomic E-state index is 11.8. The fourth-order valence-electron chi connectivity index (χ4n) is 2.91. The highest BCUT2D eigenvalue weighted by molar-refractivity contribution is 5.77. The van der Waals surface area contributed by atoms with E-state index in [4.69, 9.17) is 14.2 Å². The van der Waals surface area contributed by atoms with Crippen LogP contribution in [0.2, 0.25) is 0 Å². The Balaban J connectivity index is 1.38. The SMILES string of the molecule is Cc1ccc(OCC(=O)NCC#CCOc2cccc3c2OC(C)(C)C3)cc1. The quantitative estimate of drug-likeness (QED) is 0.783. The Bertz CT molecular complexity index is 891. The van der Waals surface area contributed by atoms with Crippen LogP contribution in [0.5, 0.6) is 17.2 Å². The molecule has 5 nitrogen and oxygen atoms in total. The van der Waals surface area contributed by atoms with Crippen molar-refractivity contribution in [2.45, 2.75) is 32.8 Å². The predicted octanol–water partition coefficient (Wildman–Crippen LogP) is 3.29. The Morgan fingerprint density at radius 1 is 1.14 bits per heavy atom. The van der Waals surface area contributed by atoms with Crippen LogP contribution < -0.4 is 19.5 Å². The van der Waals surface area contributed by atoms with Gasteiger partial charge in [0.2, 0.25) is 0 Å². The Kier molecular flexibility index (Phi) is 6.10. The van der Waals surface area contributed by atoms with Crippen molar-refractivity contribution in [1.82, 2.24) is 5.32 Å². The molecule has 146 valence electrons. The van der Waals surface area contributed by atoms with Crippen molar-refractivity contribution in [3.63, 3.8) is 0 Å². The first-order chi connectivity index (χ1) is 13.4. The van der Waals surface area contributed by atoms with Gasteiger partial charge >= 0.3 is 0 Å². The van der Waals surface area contributed by atoms with Crippen LogP contribution in [0.4, 0.5) is 0 Å². The van der Waals surface area contributed by atoms with Crippen molar-refractivity contribution in [3.05, 3.63) is 53.6 Å². The van der Waals surface area contributed by atoms with Crippen molar-refractivity contribution in [1.29, 1.82) is 0 Å². The Morgan fingerprint density at radius 2 is 1.93 bits per heavy atom. The standard InChI is InChI=1S/C23H25NO4/c1-17-9-11-19(12-10-17)27-16-21(25)24-13-4-5-14-26-20-8-6-7-18-15-23(2,3)28-22(18)20/h6-12H,13-16H2,1-3H3,(H,24,25). The van der Waals surface area contributed by atoms with E-state index in [0.29, 0.717) is 11.5 Å². The van der Waals surface area contributed by atoms with Crippen LogP contribution in [-0.4, -0.2) is 31.3 Å². The molecule has 28 heavy (non-hydrogen) atoms. The highest BCUT2D eigenvalue weighted by Crippen LogP contribution is 2.41. The average molecular weight is 379 g/mol. The number of hydrogen-bond acceptors (Lipinski definition) is 4. The van der Waals surface area contributed by atoms with Crippen molar-refractivity contribution < 1.29 is 19.0 Å². The van der Waals surface area contributed by atoms with Gasteiger partial charge in [-0.15, -0.1) is 0 Å². The van der Waals surface area contributed by atoms with Crippen molar-refractivity contribution in [2.24, 2.45) is 0 Å². The lowest BCUT2D eigenvalue weighted by Crippen LogP contribution is -2.29. The van der Waals surface area contributed by atoms with Crippen LogP contribution in [0.15, 0.2) is 42.5 Å². The minimum Gasteiger partial charge on any atom is -0.484 e. The maximum Gasteiger partial charge on any atom is 0.258 e. The third-order valence-corrected chi connectivity index (χ3v) is 4.24. The average Bonchev–Trinajstić information content (AvgIpc) is 2.98. The van der Waals surface area contributed by atoms with E-state index in [1.807, 2.05) is 43.3 Å². The van der Waals surface area contributed by atoms with E-state index < -0.39 is 0 Å². The van der Waals surface area contributed by atoms with Crippen molar-refractivity contribution >= 4 is 5.91 Å². The molecule has 2 aromatic rings. The summed E-state index contributed by atoms with van der Waals surface area (Å²) in [6, 6.07) is 13.4. The number of hydrogen-bond donors (Lipinski definition) is 1. The molecule has 3 rings (SSSR count). The first-order valence-electron chi connectivity index (χ1n) is 9.28. The lowest BCUT2D eigenvalue weighted by Gasteiger charge is -2.17. The van der Waals surface area contributed by atoms with Crippen LogP contribution in [0.3, 0.4) is 0 Å². The molecule has 2 aromatic carbocycles. The summed E-state index contributed by atoms with van der Waals surface area (Å²) in [5, 5.41) is 2.70. The lowest BCUT2D eigenvalue weighted by atomic mass is 10.0. The molecule has 0 saturated carbocycles. The van der Waals surface area contributed by atoms with Gasteiger partial charge in [0, 0.05) is 12.0 Å². The Hall–Kier alpha value is -3.13. The van der Waals surface area contributed by atoms with Crippen LogP contribution in [-0.2, 0) is 11.2 Å². The summed E-state index contributed by atoms with van der Waals surface area (Å²) in [5.74, 6) is 7.73. The summed E-state index contributed by atoms with van der Waals surface area (Å²) in [7, 11) is 0. The van der Waals surface area contributed by atoms with E-state index in [-0.39, 0.29) is 31.3 Å². The highest BCUT2D eigenvalue weighted by Gasteiger charge is 2.32. The van der Waals surface area contributed by atoms with Gasteiger partial charge in [-0.05, 0) is 39.0 Å². The van der Waals surface area contributed by atoms with Crippen LogP contribution >= 0.6 is 0 Å². The van der Waals surface area contributed by atoms with E-state index >= 15 is 0 Å². The molecule has 0 aromatic heterocycles. The fraction of sp³-hybridized carbons (Fsp3) is 0.348. The summed E-state index contributed by atoms with van der Waals surface area (Å²) < 4.78 is 17.1. The number of para-hydroxylation sites is 1. The summed E-state index contributed by atoms with van der Waals surface area (Å²) >= 11 is 0. The zero-order valence-electron chi connectivity index (χ0n) is 16.5. The lowest BCUT2D eigenvalue weighted by molar-refractivity contribution is -0.122. The molecule has 0 unspecified atom stereocenters. The summed E-state index contributed by atoms with van der Waals surface area (Å²) in [6.07, 6.45) is 0.863. The molecule has 0 radical (unpaired) electrons. The van der Waals surface area contributed by atoms with Crippen molar-refractivity contribution in [3.8, 4) is 29.1 Å². The minimum atomic E-state index is -0.215. The third kappa shape index (κ3) is 5.43. The van der Waals surface area contributed by atoms with Gasteiger partial charge in [-0.3, -0.25) is 4.79 Å². The number of aryl methyl sites for hydroxylation is 1. The number of benzene rings is 2. The Morgan fingerprint density at radius 3 is 2.71 bits per heavy atom. The molecule has 1 aliphatic heterocycles. The second kappa shape index (κ2) is 8.71. The smallest absolute Gasteiger partial charge is 0.258 e. The molecular weight excluding hydrogens is 354 g/mol. The number of carbonyl (C=O) groups excluding carboxylic acids is 1. The minimum absolute atomic E-state index is 0.0372. The number of ether oxygens (including phenoxy) is 3. The van der Waals surface area contributed by atoms with Crippen LogP contribution in [0, 0.1) is 18.8 Å². The first-order valence-corrected chi connectivity index (χ1v) is 9.28. The van der Waals surface area contributed by atoms with E-state index in [9.17, 15) is 4.79 Å². The normalized spacial score (nSPS) is 13.5. The van der Waals surface area contributed by atoms with E-state index in [0.717, 1.165) is 23.3 Å². The van der Waals surface area contributed by atoms with Gasteiger partial charge in [-0.25, -0.2) is 0 Å². The predicted molar refractivity (Wildman–Crippen MR) is 108 cm³/mol. The Labute approximate surface area is 166 Å². The third-order valence-electron chi connectivity index (χ3n) is 4.24. The summed E-state index contributed by atoms with van der Waals surface area (Å²) in [6.45, 7) is 6.55. The molecule has 0 fully saturated rings. The number of fused-ring (bicyclic) bond motifs is 1. The highest BCUT2D eigenvalue weighted by atomic mass is 16.5. The zero-order valence-corrected chi connectivity index (χ0v) is 16.5. The van der Waals surface area contributed by atoms with Gasteiger partial charge in [-0.1, -0.05) is 41.7 Å². The number of nitrogens with one attached hydrogen (secondary N) is 1. The van der Waals surface area contributed by atoms with Gasteiger partial charge in [0.25, 0.3) is 5.91 Å². The van der Waals surface area contributed by atoms with E-state index in [1.165, 1.54) is 0 Å². The summed E-state index contributed by atoms with van der Waals surface area (Å²) in [5.41, 5.74) is 2.08. The maximum absolute atomic E-state index is 11.8. The van der Waals surface area contributed by atoms with Gasteiger partial charge in [0.1, 0.15) is 18.0 Å². The molecule has 1 amide bonds. The van der Waals surface area contributed by atoms with Gasteiger partial charge in [0.15, 0.2) is 18.1 Å². The van der Waals surface area contributed by atoms with Crippen LogP contribution in [0.1, 0.15) is 25.0 Å². The molecule has 5 heteroatoms. The zero-order chi connectivity index (χ0) is 20.0. The topological polar surface area (TPSA) is 56.8 Å². The van der Waals surface area contributed by atoms with Gasteiger partial charge in [0.05, 0.1) is 6.54 Å². The molecule has 0 saturated heterocycles. The number of amides is 1. The molecule has 0 atom stereocenters. The van der Waals surface area contributed by atoms with Gasteiger partial charge in [-0.2, -0.15) is 0 Å². The van der Waals surface area contributed by atoms with Gasteiger partial charge < -0.3 is 19.5 Å². The molecular formula is C23H25NO4. The number of carbonyl (C=O) groups is 1. The second-order valence-electron chi connectivity index (χ2n) is 7.30. The monoisotopic (exact) mass is 379 g/mol. The van der Waals surface area contributed by atoms with E-state index in [1.54, 1.807) is 0 Å². The molecule has 1 heterocycles. The largest absolute Gasteiger partial charge is 0.484 e. The second-order valence-corrected chi connectivity index (χ2v) is 7.30. The molecule has 1 aliphatic rings. The van der Waals surface area contributed by atoms with Crippen molar-refractivity contribution in [2.75, 3.05) is 19.8 Å².